The van der Waals surface area contributed by atoms with Gasteiger partial charge in [0, 0.05) is 0 Å². The number of hydrogen-bond donors (Lipinski definition) is 0. The highest BCUT2D eigenvalue weighted by Gasteiger charge is 2.40. The van der Waals surface area contributed by atoms with Crippen molar-refractivity contribution in [3.63, 3.8) is 0 Å². The van der Waals surface area contributed by atoms with Crippen molar-refractivity contribution in [3.8, 4) is 24.7 Å². The lowest BCUT2D eigenvalue weighted by atomic mass is 10.2. The van der Waals surface area contributed by atoms with Crippen LogP contribution in [-0.2, 0) is 20.9 Å². The molecule has 0 aromatic rings. The van der Waals surface area contributed by atoms with Gasteiger partial charge >= 0.3 is 0 Å². The van der Waals surface area contributed by atoms with Crippen LogP contribution in [0.1, 0.15) is 0 Å². The third-order valence-electron chi connectivity index (χ3n) is 1.59. The van der Waals surface area contributed by atoms with Crippen LogP contribution in [-0.4, -0.2) is 31.0 Å². The molecule has 0 aromatic carbocycles. The monoisotopic (exact) mass is 215 g/mol. The van der Waals surface area contributed by atoms with Crippen molar-refractivity contribution < 1.29 is 9.05 Å². The van der Waals surface area contributed by atoms with Crippen molar-refractivity contribution >= 4 is 18.4 Å². The average molecular weight is 215 g/mol. The van der Waals surface area contributed by atoms with Gasteiger partial charge in [0.1, 0.15) is 0 Å². The molecule has 1 aliphatic heterocycles. The molecule has 1 rings (SSSR count). The molecule has 0 N–H and O–H groups in total. The molecule has 3 nitrogen and oxygen atoms in total. The summed E-state index contributed by atoms with van der Waals surface area (Å²) in [5, 5.41) is 0. The van der Waals surface area contributed by atoms with Crippen molar-refractivity contribution in [2.45, 2.75) is 12.2 Å². The second kappa shape index (κ2) is 3.80. The van der Waals surface area contributed by atoms with Crippen LogP contribution >= 0.6 is 6.64 Å². The third kappa shape index (κ3) is 1.94. The minimum Gasteiger partial charge on any atom is -0.297 e. The fourth-order valence-electron chi connectivity index (χ4n) is 0.847. The van der Waals surface area contributed by atoms with E-state index in [-0.39, 0.29) is 0 Å². The summed E-state index contributed by atoms with van der Waals surface area (Å²) in [4.78, 5) is 0. The number of terminal acetylenes is 2. The summed E-state index contributed by atoms with van der Waals surface area (Å²) < 4.78 is 12.5. The van der Waals surface area contributed by atoms with E-state index in [2.05, 4.69) is 11.8 Å². The Labute approximate surface area is 83.6 Å². The van der Waals surface area contributed by atoms with Crippen molar-refractivity contribution in [2.75, 3.05) is 14.1 Å². The molecule has 0 aliphatic carbocycles. The maximum atomic E-state index is 5.41. The topological polar surface area (TPSA) is 21.7 Å². The summed E-state index contributed by atoms with van der Waals surface area (Å²) in [5.74, 6) is 4.84. The van der Waals surface area contributed by atoms with Crippen LogP contribution in [0.2, 0.25) is 0 Å². The second-order valence-electron chi connectivity index (χ2n) is 2.70. The standard InChI is InChI=1S/C8H10NO2PS/c1-5-7-8(6-2)11-12(13,10-7)9(3)4/h1-2,7-8H,3-4H3. The van der Waals surface area contributed by atoms with Gasteiger partial charge < -0.3 is 0 Å². The fraction of sp³-hybridized carbons (Fsp3) is 0.500. The Kier molecular flexibility index (Phi) is 3.14. The molecule has 13 heavy (non-hydrogen) atoms. The maximum absolute atomic E-state index is 5.41. The van der Waals surface area contributed by atoms with Gasteiger partial charge in [0.15, 0.2) is 12.2 Å². The van der Waals surface area contributed by atoms with E-state index in [0.717, 1.165) is 0 Å². The summed E-state index contributed by atoms with van der Waals surface area (Å²) >= 11 is 5.18. The van der Waals surface area contributed by atoms with E-state index in [1.165, 1.54) is 0 Å². The molecule has 1 fully saturated rings. The summed E-state index contributed by atoms with van der Waals surface area (Å²) in [6.45, 7) is -2.41. The Bertz CT molecular complexity index is 302. The zero-order chi connectivity index (χ0) is 10.1. The van der Waals surface area contributed by atoms with Crippen molar-refractivity contribution in [1.82, 2.24) is 4.67 Å². The van der Waals surface area contributed by atoms with Crippen LogP contribution < -0.4 is 0 Å². The lowest BCUT2D eigenvalue weighted by Gasteiger charge is -2.20. The molecule has 2 atom stereocenters. The van der Waals surface area contributed by atoms with E-state index in [0.29, 0.717) is 0 Å². The Balaban J connectivity index is 2.88. The summed E-state index contributed by atoms with van der Waals surface area (Å²) in [7, 11) is 3.57. The van der Waals surface area contributed by atoms with Gasteiger partial charge in [-0.05, 0) is 25.9 Å². The van der Waals surface area contributed by atoms with Crippen molar-refractivity contribution in [3.05, 3.63) is 0 Å². The van der Waals surface area contributed by atoms with Crippen LogP contribution in [0, 0.1) is 24.7 Å². The highest BCUT2D eigenvalue weighted by atomic mass is 32.5. The molecular weight excluding hydrogens is 205 g/mol. The predicted molar refractivity (Wildman–Crippen MR) is 55.4 cm³/mol. The fourth-order valence-corrected chi connectivity index (χ4v) is 2.75. The Morgan fingerprint density at radius 3 is 1.85 bits per heavy atom. The first kappa shape index (κ1) is 10.7. The van der Waals surface area contributed by atoms with E-state index < -0.39 is 18.9 Å². The third-order valence-corrected chi connectivity index (χ3v) is 5.05. The molecule has 0 saturated carbocycles. The zero-order valence-electron chi connectivity index (χ0n) is 7.43. The largest absolute Gasteiger partial charge is 0.297 e. The highest BCUT2D eigenvalue weighted by Crippen LogP contribution is 2.57. The maximum Gasteiger partial charge on any atom is 0.266 e. The van der Waals surface area contributed by atoms with Gasteiger partial charge in [-0.3, -0.25) is 9.05 Å². The molecule has 0 amide bonds. The molecular formula is C8H10NO2PS. The van der Waals surface area contributed by atoms with Gasteiger partial charge in [-0.15, -0.1) is 12.8 Å². The molecule has 1 heterocycles. The quantitative estimate of drug-likeness (QED) is 0.477. The lowest BCUT2D eigenvalue weighted by molar-refractivity contribution is 0.251. The van der Waals surface area contributed by atoms with Gasteiger partial charge in [0.2, 0.25) is 0 Å². The Morgan fingerprint density at radius 2 is 1.62 bits per heavy atom. The van der Waals surface area contributed by atoms with Gasteiger partial charge in [0.05, 0.1) is 0 Å². The van der Waals surface area contributed by atoms with Crippen LogP contribution in [0.5, 0.6) is 0 Å². The van der Waals surface area contributed by atoms with E-state index in [1.807, 2.05) is 0 Å². The van der Waals surface area contributed by atoms with Gasteiger partial charge in [-0.1, -0.05) is 11.8 Å². The van der Waals surface area contributed by atoms with Crippen molar-refractivity contribution in [2.24, 2.45) is 0 Å². The lowest BCUT2D eigenvalue weighted by Crippen LogP contribution is -2.17. The summed E-state index contributed by atoms with van der Waals surface area (Å²) in [5.41, 5.74) is 0. The Hall–Kier alpha value is -0.350. The molecule has 1 saturated heterocycles. The smallest absolute Gasteiger partial charge is 0.266 e. The minimum absolute atomic E-state index is 0.516. The van der Waals surface area contributed by atoms with Gasteiger partial charge in [-0.2, -0.15) is 0 Å². The van der Waals surface area contributed by atoms with E-state index >= 15 is 0 Å². The second-order valence-corrected chi connectivity index (χ2v) is 6.24. The molecule has 1 aliphatic rings. The molecule has 0 bridgehead atoms. The predicted octanol–water partition coefficient (Wildman–Crippen LogP) is 0.823. The van der Waals surface area contributed by atoms with E-state index in [1.54, 1.807) is 18.8 Å². The molecule has 0 aromatic heterocycles. The molecule has 70 valence electrons. The highest BCUT2D eigenvalue weighted by molar-refractivity contribution is 8.08. The van der Waals surface area contributed by atoms with Crippen LogP contribution in [0.3, 0.4) is 0 Å². The van der Waals surface area contributed by atoms with Crippen LogP contribution in [0.25, 0.3) is 0 Å². The molecule has 0 spiro atoms. The number of nitrogens with zero attached hydrogens (tertiary/aromatic N) is 1. The summed E-state index contributed by atoms with van der Waals surface area (Å²) in [6.07, 6.45) is 9.42. The number of rotatable bonds is 1. The minimum atomic E-state index is -2.41. The first-order valence-corrected chi connectivity index (χ1v) is 6.19. The van der Waals surface area contributed by atoms with E-state index in [4.69, 9.17) is 33.7 Å². The SMILES string of the molecule is C#CC1OP(=S)(N(C)C)OC1C#C. The number of hydrogen-bond acceptors (Lipinski definition) is 3. The Morgan fingerprint density at radius 1 is 1.23 bits per heavy atom. The molecule has 5 heteroatoms. The van der Waals surface area contributed by atoms with Gasteiger partial charge in [-0.25, -0.2) is 4.67 Å². The van der Waals surface area contributed by atoms with Crippen LogP contribution in [0.4, 0.5) is 0 Å². The normalized spacial score (nSPS) is 38.5. The molecule has 2 unspecified atom stereocenters. The van der Waals surface area contributed by atoms with Gasteiger partial charge in [0.25, 0.3) is 6.64 Å². The average Bonchev–Trinajstić information content (AvgIpc) is 2.43. The summed E-state index contributed by atoms with van der Waals surface area (Å²) in [6, 6.07) is 0. The first-order chi connectivity index (χ1) is 6.03. The van der Waals surface area contributed by atoms with Crippen molar-refractivity contribution in [1.29, 1.82) is 0 Å². The first-order valence-electron chi connectivity index (χ1n) is 3.60. The van der Waals surface area contributed by atoms with E-state index in [9.17, 15) is 0 Å². The molecule has 0 radical (unpaired) electrons. The van der Waals surface area contributed by atoms with Crippen LogP contribution in [0.15, 0.2) is 0 Å². The zero-order valence-corrected chi connectivity index (χ0v) is 9.14.